The Balaban J connectivity index is 1.32. The SMILES string of the molecule is CC(=O)N[C@H]1[C@H](O[C@@H]2[C@H](O[C@]3(C(=O)O)C[C@H](O)[C@@H](NC(=O)CO)[C@H]([C@H](O)[C@@H](CO)O[C@]4(C(=O)O)C[C@H](O)[C@@H](NC(C)=O)[C@H]([C@H](O)[C@H](O)CO)O4)O3)[C@@H](O)[C@H](O[C@H]3[C@H](O)[C@@H](O)[C@H](O)O[C@@H]3CO)O[C@@H]2CO)O[C@H](CO)[C@H](O)[C@@H]1O[C@@H]1O[C@H](CO)[C@H](O)[C@H](O[C@]2(C(=O)O)C[C@H](O)[C@@H](NC(=O)CO)[C@H]([C@H](O)[C@H](O)CO)O2)[C@H]1O. The number of carbonyl (C=O) groups is 7. The second-order valence-electron chi connectivity index (χ2n) is 26.8. The van der Waals surface area contributed by atoms with Gasteiger partial charge >= 0.3 is 17.9 Å². The van der Waals surface area contributed by atoms with E-state index < -0.39 is 352 Å². The second kappa shape index (κ2) is 39.0. The van der Waals surface area contributed by atoms with Crippen LogP contribution in [0.1, 0.15) is 33.1 Å². The first kappa shape index (κ1) is 92.0. The molecule has 31 N–H and O–H groups in total. The van der Waals surface area contributed by atoms with Crippen LogP contribution >= 0.6 is 0 Å². The lowest BCUT2D eigenvalue weighted by Crippen LogP contribution is -2.73. The molecule has 7 saturated heterocycles. The van der Waals surface area contributed by atoms with Crippen LogP contribution in [0.25, 0.3) is 0 Å². The number of hydrogen-bond acceptors (Lipinski definition) is 44. The van der Waals surface area contributed by atoms with Crippen LogP contribution in [0, 0.1) is 0 Å². The van der Waals surface area contributed by atoms with Crippen LogP contribution in [-0.4, -0.2) is 470 Å². The lowest BCUT2D eigenvalue weighted by molar-refractivity contribution is -0.405. The van der Waals surface area contributed by atoms with Gasteiger partial charge in [-0.1, -0.05) is 0 Å². The van der Waals surface area contributed by atoms with Crippen LogP contribution in [0.3, 0.4) is 0 Å². The molecule has 0 spiro atoms. The van der Waals surface area contributed by atoms with Gasteiger partial charge in [-0.15, -0.1) is 0 Å². The van der Waals surface area contributed by atoms with E-state index in [-0.39, 0.29) is 0 Å². The largest absolute Gasteiger partial charge is 0.477 e. The fraction of sp³-hybridized carbons (Fsp3) is 0.881. The van der Waals surface area contributed by atoms with Crippen molar-refractivity contribution in [3.8, 4) is 0 Å². The molecule has 0 bridgehead atoms. The Morgan fingerprint density at radius 2 is 0.755 bits per heavy atom. The maximum Gasteiger partial charge on any atom is 0.364 e. The zero-order valence-corrected chi connectivity index (χ0v) is 57.9. The molecule has 38 atom stereocenters. The molecule has 110 heavy (non-hydrogen) atoms. The standard InChI is InChI=1S/C59H96N4O47/c1-15(73)60-29-17(75)3-57(54(92)93,106-45(29)33(82)20(78)6-64)105-24(10-68)37(86)47-31(63-28(81)14-72)19(77)5-59(108-47,56(96)97)110-49-41(90)53(102-42-25(11-69)98-50(91)39(88)38(42)87)101-26(12-70)43(49)103-51-32(61-16(2)74)44(35(84)22(8-66)99-51)104-52-40(89)48(36(85)23(9-67)100-52)109-58(55(94)95)4-18(76)30(62-27(80)13-71)46(107-58)34(83)21(79)7-65/h17-26,29-53,64-72,75-79,82-91H,3-14H2,1-2H3,(H,60,73)(H,61,74)(H,62,80)(H,63,81)(H,92,93)(H,94,95)(H,96,97)/t17-,18-,19-,20+,21+,22+,23+,24+,25+,26+,29+,30+,31+,32+,33+,34+,35-,36-,37+,38+,39+,40+,41+,42+,43-,44+,45+,46+,47+,48-,49+,50+,51-,52-,53-,57+,58-,59-/m0/s1. The third-order valence-corrected chi connectivity index (χ3v) is 19.3. The number of carbonyl (C=O) groups excluding carboxylic acids is 4. The number of rotatable bonds is 34. The van der Waals surface area contributed by atoms with Gasteiger partial charge in [-0.05, 0) is 0 Å². The van der Waals surface area contributed by atoms with E-state index in [1.54, 1.807) is 0 Å². The summed E-state index contributed by atoms with van der Waals surface area (Å²) in [5.41, 5.74) is 0. The van der Waals surface area contributed by atoms with Crippen molar-refractivity contribution >= 4 is 41.5 Å². The van der Waals surface area contributed by atoms with Crippen molar-refractivity contribution in [1.82, 2.24) is 21.3 Å². The first-order valence-electron chi connectivity index (χ1n) is 33.8. The number of hydrogen-bond donors (Lipinski definition) is 31. The summed E-state index contributed by atoms with van der Waals surface area (Å²) in [7, 11) is 0. The van der Waals surface area contributed by atoms with E-state index >= 15 is 0 Å². The predicted octanol–water partition coefficient (Wildman–Crippen LogP) is -20.1. The molecule has 0 aromatic heterocycles. The van der Waals surface area contributed by atoms with Crippen LogP contribution in [0.4, 0.5) is 0 Å². The van der Waals surface area contributed by atoms with Crippen molar-refractivity contribution in [2.45, 2.75) is 265 Å². The summed E-state index contributed by atoms with van der Waals surface area (Å²) in [6.07, 6.45) is -79.6. The van der Waals surface area contributed by atoms with Crippen LogP contribution < -0.4 is 21.3 Å². The molecule has 4 amide bonds. The Morgan fingerprint density at radius 1 is 0.391 bits per heavy atom. The number of carboxylic acids is 3. The number of aliphatic carboxylic acids is 3. The molecule has 634 valence electrons. The van der Waals surface area contributed by atoms with Crippen molar-refractivity contribution in [3.05, 3.63) is 0 Å². The van der Waals surface area contributed by atoms with E-state index in [1.807, 2.05) is 10.6 Å². The number of amides is 4. The molecule has 0 radical (unpaired) electrons. The maximum absolute atomic E-state index is 14.2. The molecule has 51 heteroatoms. The first-order valence-corrected chi connectivity index (χ1v) is 33.8. The summed E-state index contributed by atoms with van der Waals surface area (Å²) >= 11 is 0. The van der Waals surface area contributed by atoms with Gasteiger partial charge in [0.25, 0.3) is 17.4 Å². The minimum atomic E-state index is -3.83. The average Bonchev–Trinajstić information content (AvgIpc) is 0.749. The Morgan fingerprint density at radius 3 is 1.18 bits per heavy atom. The minimum Gasteiger partial charge on any atom is -0.477 e. The Kier molecular flexibility index (Phi) is 32.6. The average molecular weight is 1610 g/mol. The quantitative estimate of drug-likeness (QED) is 0.0284. The zero-order valence-electron chi connectivity index (χ0n) is 57.9. The molecule has 0 aromatic carbocycles. The number of aliphatic hydroxyl groups excluding tert-OH is 24. The van der Waals surface area contributed by atoms with Gasteiger partial charge < -0.3 is 221 Å². The lowest BCUT2D eigenvalue weighted by Gasteiger charge is -2.53. The molecule has 0 unspecified atom stereocenters. The third-order valence-electron chi connectivity index (χ3n) is 19.3. The van der Waals surface area contributed by atoms with Crippen molar-refractivity contribution in [3.63, 3.8) is 0 Å². The van der Waals surface area contributed by atoms with Crippen molar-refractivity contribution in [1.29, 1.82) is 0 Å². The molecule has 0 saturated carbocycles. The lowest BCUT2D eigenvalue weighted by atomic mass is 9.87. The highest BCUT2D eigenvalue weighted by atomic mass is 16.8. The first-order chi connectivity index (χ1) is 51.7. The number of carboxylic acid groups (broad SMARTS) is 3. The van der Waals surface area contributed by atoms with Crippen molar-refractivity contribution < 1.29 is 233 Å². The molecule has 7 aliphatic rings. The van der Waals surface area contributed by atoms with Crippen LogP contribution in [0.5, 0.6) is 0 Å². The topological polar surface area (TPSA) is 834 Å². The fourth-order valence-corrected chi connectivity index (χ4v) is 13.7. The maximum atomic E-state index is 14.2. The smallest absolute Gasteiger partial charge is 0.364 e. The van der Waals surface area contributed by atoms with Crippen LogP contribution in [0.15, 0.2) is 0 Å². The van der Waals surface area contributed by atoms with E-state index in [1.165, 1.54) is 0 Å². The van der Waals surface area contributed by atoms with Crippen LogP contribution in [-0.2, 0) is 95.1 Å². The van der Waals surface area contributed by atoms with Gasteiger partial charge in [0.2, 0.25) is 23.6 Å². The predicted molar refractivity (Wildman–Crippen MR) is 333 cm³/mol. The number of ether oxygens (including phenoxy) is 13. The molecule has 0 aromatic rings. The van der Waals surface area contributed by atoms with E-state index in [0.29, 0.717) is 0 Å². The molecule has 7 heterocycles. The summed E-state index contributed by atoms with van der Waals surface area (Å²) in [6, 6.07) is -8.40. The molecule has 51 nitrogen and oxygen atoms in total. The highest BCUT2D eigenvalue weighted by Crippen LogP contribution is 2.44. The summed E-state index contributed by atoms with van der Waals surface area (Å²) in [5.74, 6) is -22.6. The Hall–Kier alpha value is -5.19. The highest BCUT2D eigenvalue weighted by Gasteiger charge is 2.66. The van der Waals surface area contributed by atoms with Gasteiger partial charge in [0, 0.05) is 33.1 Å². The summed E-state index contributed by atoms with van der Waals surface area (Å²) < 4.78 is 75.4. The molecule has 7 fully saturated rings. The normalized spacial score (nSPS) is 42.8. The molecule has 7 rings (SSSR count). The van der Waals surface area contributed by atoms with Gasteiger partial charge in [-0.3, -0.25) is 19.2 Å². The second-order valence-corrected chi connectivity index (χ2v) is 26.8. The monoisotopic (exact) mass is 1610 g/mol. The highest BCUT2D eigenvalue weighted by molar-refractivity contribution is 5.80. The van der Waals surface area contributed by atoms with Crippen molar-refractivity contribution in [2.24, 2.45) is 0 Å². The van der Waals surface area contributed by atoms with Gasteiger partial charge in [0.1, 0.15) is 166 Å². The number of nitrogens with one attached hydrogen (secondary N) is 4. The van der Waals surface area contributed by atoms with E-state index in [0.717, 1.165) is 13.8 Å². The Bertz CT molecular complexity index is 3050. The molecule has 0 aliphatic carbocycles. The summed E-state index contributed by atoms with van der Waals surface area (Å²) in [4.78, 5) is 91.9. The van der Waals surface area contributed by atoms with Gasteiger partial charge in [0.15, 0.2) is 25.2 Å². The van der Waals surface area contributed by atoms with E-state index in [9.17, 15) is 171 Å². The minimum absolute atomic E-state index is 0.787. The molecule has 7 aliphatic heterocycles. The van der Waals surface area contributed by atoms with Gasteiger partial charge in [-0.2, -0.15) is 0 Å². The zero-order chi connectivity index (χ0) is 82.3. The van der Waals surface area contributed by atoms with E-state index in [4.69, 9.17) is 61.6 Å². The van der Waals surface area contributed by atoms with Crippen LogP contribution in [0.2, 0.25) is 0 Å². The van der Waals surface area contributed by atoms with E-state index in [2.05, 4.69) is 10.6 Å². The van der Waals surface area contributed by atoms with Crippen molar-refractivity contribution in [2.75, 3.05) is 59.5 Å². The molecular weight excluding hydrogens is 1520 g/mol. The van der Waals surface area contributed by atoms with Gasteiger partial charge in [0.05, 0.1) is 82.7 Å². The fourth-order valence-electron chi connectivity index (χ4n) is 13.7. The van der Waals surface area contributed by atoms with Gasteiger partial charge in [-0.25, -0.2) is 14.4 Å². The Labute approximate surface area is 618 Å². The number of aliphatic hydroxyl groups is 24. The third kappa shape index (κ3) is 19.8. The summed E-state index contributed by atoms with van der Waals surface area (Å²) in [6.45, 7) is -10.7. The molecular formula is C59H96N4O47. The summed E-state index contributed by atoms with van der Waals surface area (Å²) in [5, 5.41) is 305.